The van der Waals surface area contributed by atoms with Gasteiger partial charge in [0.2, 0.25) is 0 Å². The normalized spacial score (nSPS) is 10.5. The third-order valence-electron chi connectivity index (χ3n) is 2.87. The van der Waals surface area contributed by atoms with Crippen molar-refractivity contribution in [1.82, 2.24) is 0 Å². The van der Waals surface area contributed by atoms with E-state index in [1.165, 1.54) is 11.6 Å². The monoisotopic (exact) mass is 294 g/mol. The average molecular weight is 294 g/mol. The topological polar surface area (TPSA) is 47.3 Å². The maximum atomic E-state index is 13.7. The molecule has 1 heterocycles. The second-order valence-electron chi connectivity index (χ2n) is 4.53. The lowest BCUT2D eigenvalue weighted by Crippen LogP contribution is -2.08. The van der Waals surface area contributed by atoms with Crippen LogP contribution in [0.15, 0.2) is 29.0 Å². The molecule has 3 nitrogen and oxygen atoms in total. The number of benzene rings is 1. The molecule has 0 spiro atoms. The maximum Gasteiger partial charge on any atom is 0.167 e. The van der Waals surface area contributed by atoms with Crippen LogP contribution < -0.4 is 15.8 Å². The molecule has 5 heteroatoms. The molecule has 0 aliphatic carbocycles. The summed E-state index contributed by atoms with van der Waals surface area (Å²) in [6, 6.07) is 5.03. The van der Waals surface area contributed by atoms with Crippen molar-refractivity contribution < 1.29 is 9.13 Å². The fourth-order valence-electron chi connectivity index (χ4n) is 1.82. The van der Waals surface area contributed by atoms with Crippen LogP contribution in [0.25, 0.3) is 0 Å². The van der Waals surface area contributed by atoms with Crippen molar-refractivity contribution in [1.29, 1.82) is 0 Å². The summed E-state index contributed by atoms with van der Waals surface area (Å²) in [6.07, 6.45) is 1.75. The second kappa shape index (κ2) is 7.14. The summed E-state index contributed by atoms with van der Waals surface area (Å²) in [5, 5.41) is 7.40. The minimum absolute atomic E-state index is 0.249. The van der Waals surface area contributed by atoms with E-state index in [-0.39, 0.29) is 5.75 Å². The largest absolute Gasteiger partial charge is 0.490 e. The Balaban J connectivity index is 1.99. The van der Waals surface area contributed by atoms with Gasteiger partial charge in [-0.05, 0) is 35.2 Å². The lowest BCUT2D eigenvalue weighted by Gasteiger charge is -2.12. The van der Waals surface area contributed by atoms with Gasteiger partial charge in [0.1, 0.15) is 0 Å². The van der Waals surface area contributed by atoms with E-state index in [1.54, 1.807) is 17.4 Å². The second-order valence-corrected chi connectivity index (χ2v) is 5.31. The minimum Gasteiger partial charge on any atom is -0.490 e. The molecule has 2 aromatic rings. The van der Waals surface area contributed by atoms with E-state index in [0.717, 1.165) is 19.4 Å². The number of ether oxygens (including phenoxy) is 1. The summed E-state index contributed by atoms with van der Waals surface area (Å²) >= 11 is 1.68. The van der Waals surface area contributed by atoms with Gasteiger partial charge in [-0.25, -0.2) is 4.39 Å². The molecular formula is C15H19FN2OS. The van der Waals surface area contributed by atoms with Crippen molar-refractivity contribution in [2.24, 2.45) is 0 Å². The lowest BCUT2D eigenvalue weighted by atomic mass is 10.2. The zero-order valence-corrected chi connectivity index (χ0v) is 12.3. The molecule has 0 aliphatic heterocycles. The molecule has 0 amide bonds. The van der Waals surface area contributed by atoms with Crippen LogP contribution in [0.2, 0.25) is 0 Å². The molecule has 108 valence electrons. The minimum atomic E-state index is -0.417. The smallest absolute Gasteiger partial charge is 0.167 e. The number of anilines is 2. The fourth-order valence-corrected chi connectivity index (χ4v) is 2.52. The third kappa shape index (κ3) is 3.87. The van der Waals surface area contributed by atoms with Crippen molar-refractivity contribution >= 4 is 22.7 Å². The van der Waals surface area contributed by atoms with Crippen LogP contribution in [0.5, 0.6) is 5.75 Å². The van der Waals surface area contributed by atoms with E-state index in [1.807, 2.05) is 6.92 Å². The molecule has 1 aromatic heterocycles. The average Bonchev–Trinajstić information content (AvgIpc) is 2.93. The van der Waals surface area contributed by atoms with Crippen molar-refractivity contribution in [2.45, 2.75) is 19.8 Å². The molecule has 0 fully saturated rings. The van der Waals surface area contributed by atoms with Crippen molar-refractivity contribution in [3.05, 3.63) is 40.3 Å². The molecule has 0 saturated carbocycles. The van der Waals surface area contributed by atoms with Gasteiger partial charge in [0.25, 0.3) is 0 Å². The lowest BCUT2D eigenvalue weighted by molar-refractivity contribution is 0.301. The Morgan fingerprint density at radius 1 is 1.40 bits per heavy atom. The van der Waals surface area contributed by atoms with Crippen molar-refractivity contribution in [3.8, 4) is 5.75 Å². The van der Waals surface area contributed by atoms with E-state index in [9.17, 15) is 4.39 Å². The number of halogens is 1. The summed E-state index contributed by atoms with van der Waals surface area (Å²) < 4.78 is 19.0. The van der Waals surface area contributed by atoms with E-state index in [2.05, 4.69) is 22.1 Å². The van der Waals surface area contributed by atoms with Gasteiger partial charge in [-0.15, -0.1) is 0 Å². The molecular weight excluding hydrogens is 275 g/mol. The Hall–Kier alpha value is -1.75. The van der Waals surface area contributed by atoms with Crippen LogP contribution in [-0.2, 0) is 6.42 Å². The van der Waals surface area contributed by atoms with Crippen LogP contribution in [0.3, 0.4) is 0 Å². The molecule has 3 N–H and O–H groups in total. The number of rotatable bonds is 7. The van der Waals surface area contributed by atoms with E-state index in [0.29, 0.717) is 18.0 Å². The predicted molar refractivity (Wildman–Crippen MR) is 83.1 cm³/mol. The number of hydrogen-bond donors (Lipinski definition) is 2. The van der Waals surface area contributed by atoms with E-state index < -0.39 is 5.82 Å². The highest BCUT2D eigenvalue weighted by molar-refractivity contribution is 7.07. The van der Waals surface area contributed by atoms with Crippen LogP contribution in [0.4, 0.5) is 15.8 Å². The molecule has 20 heavy (non-hydrogen) atoms. The highest BCUT2D eigenvalue weighted by Gasteiger charge is 2.09. The first-order chi connectivity index (χ1) is 9.70. The van der Waals surface area contributed by atoms with E-state index >= 15 is 0 Å². The molecule has 0 bridgehead atoms. The van der Waals surface area contributed by atoms with Crippen molar-refractivity contribution in [3.63, 3.8) is 0 Å². The summed E-state index contributed by atoms with van der Waals surface area (Å²) in [6.45, 7) is 3.23. The Morgan fingerprint density at radius 2 is 2.25 bits per heavy atom. The third-order valence-corrected chi connectivity index (χ3v) is 3.61. The first-order valence-corrected chi connectivity index (χ1v) is 7.61. The van der Waals surface area contributed by atoms with Gasteiger partial charge in [-0.1, -0.05) is 6.92 Å². The van der Waals surface area contributed by atoms with Gasteiger partial charge < -0.3 is 15.8 Å². The molecule has 0 saturated heterocycles. The number of nitrogens with one attached hydrogen (secondary N) is 1. The predicted octanol–water partition coefficient (Wildman–Crippen LogP) is 3.91. The quantitative estimate of drug-likeness (QED) is 0.761. The summed E-state index contributed by atoms with van der Waals surface area (Å²) in [7, 11) is 0. The van der Waals surface area contributed by atoms with Gasteiger partial charge in [0.15, 0.2) is 11.6 Å². The fraction of sp³-hybridized carbons (Fsp3) is 0.333. The SMILES string of the molecule is CCCOc1cc(NCCc2ccsc2)c(N)cc1F. The number of hydrogen-bond acceptors (Lipinski definition) is 4. The van der Waals surface area contributed by atoms with E-state index in [4.69, 9.17) is 10.5 Å². The molecule has 0 aliphatic rings. The highest BCUT2D eigenvalue weighted by Crippen LogP contribution is 2.28. The van der Waals surface area contributed by atoms with Gasteiger partial charge in [0, 0.05) is 18.7 Å². The molecule has 0 unspecified atom stereocenters. The standard InChI is InChI=1S/C15H19FN2OS/c1-2-6-19-15-9-14(13(17)8-12(15)16)18-5-3-11-4-7-20-10-11/h4,7-10,18H,2-3,5-6,17H2,1H3. The molecule has 1 aromatic carbocycles. The van der Waals surface area contributed by atoms with Crippen LogP contribution in [0, 0.1) is 5.82 Å². The number of nitrogen functional groups attached to an aromatic ring is 1. The molecule has 0 atom stereocenters. The Bertz CT molecular complexity index is 543. The van der Waals surface area contributed by atoms with Gasteiger partial charge in [0.05, 0.1) is 18.0 Å². The van der Waals surface area contributed by atoms with Crippen LogP contribution >= 0.6 is 11.3 Å². The zero-order chi connectivity index (χ0) is 14.4. The first kappa shape index (κ1) is 14.7. The summed E-state index contributed by atoms with van der Waals surface area (Å²) in [5.74, 6) is -0.168. The Kier molecular flexibility index (Phi) is 5.24. The van der Waals surface area contributed by atoms with Crippen LogP contribution in [0.1, 0.15) is 18.9 Å². The van der Waals surface area contributed by atoms with Crippen LogP contribution in [-0.4, -0.2) is 13.2 Å². The Labute approximate surface area is 122 Å². The van der Waals surface area contributed by atoms with Gasteiger partial charge in [-0.2, -0.15) is 11.3 Å². The Morgan fingerprint density at radius 3 is 2.95 bits per heavy atom. The highest BCUT2D eigenvalue weighted by atomic mass is 32.1. The molecule has 2 rings (SSSR count). The number of thiophene rings is 1. The zero-order valence-electron chi connectivity index (χ0n) is 11.5. The molecule has 0 radical (unpaired) electrons. The van der Waals surface area contributed by atoms with Gasteiger partial charge >= 0.3 is 0 Å². The summed E-state index contributed by atoms with van der Waals surface area (Å²) in [5.41, 5.74) is 8.22. The van der Waals surface area contributed by atoms with Gasteiger partial charge in [-0.3, -0.25) is 0 Å². The van der Waals surface area contributed by atoms with Crippen molar-refractivity contribution in [2.75, 3.05) is 24.2 Å². The number of nitrogens with two attached hydrogens (primary N) is 1. The maximum absolute atomic E-state index is 13.7. The first-order valence-electron chi connectivity index (χ1n) is 6.67. The summed E-state index contributed by atoms with van der Waals surface area (Å²) in [4.78, 5) is 0.